The SMILES string of the molecule is CSCCC(CN)N1CCOC(C)(C)C1. The molecule has 0 aromatic heterocycles. The summed E-state index contributed by atoms with van der Waals surface area (Å²) in [5, 5.41) is 0. The van der Waals surface area contributed by atoms with Crippen LogP contribution in [-0.2, 0) is 4.74 Å². The lowest BCUT2D eigenvalue weighted by atomic mass is 10.0. The lowest BCUT2D eigenvalue weighted by Gasteiger charge is -2.42. The van der Waals surface area contributed by atoms with Crippen LogP contribution in [-0.4, -0.2) is 54.8 Å². The minimum absolute atomic E-state index is 0.00890. The average molecular weight is 232 g/mol. The Hall–Kier alpha value is 0.230. The highest BCUT2D eigenvalue weighted by Crippen LogP contribution is 2.19. The van der Waals surface area contributed by atoms with Crippen LogP contribution in [0.1, 0.15) is 20.3 Å². The van der Waals surface area contributed by atoms with Crippen molar-refractivity contribution in [2.45, 2.75) is 31.9 Å². The van der Waals surface area contributed by atoms with Crippen molar-refractivity contribution in [2.24, 2.45) is 5.73 Å². The first-order chi connectivity index (χ1) is 7.09. The summed E-state index contributed by atoms with van der Waals surface area (Å²) in [4.78, 5) is 2.49. The van der Waals surface area contributed by atoms with Crippen LogP contribution in [0.15, 0.2) is 0 Å². The molecule has 0 spiro atoms. The summed E-state index contributed by atoms with van der Waals surface area (Å²) in [6, 6.07) is 0.528. The fourth-order valence-corrected chi connectivity index (χ4v) is 2.58. The van der Waals surface area contributed by atoms with Gasteiger partial charge >= 0.3 is 0 Å². The lowest BCUT2D eigenvalue weighted by molar-refractivity contribution is -0.0963. The van der Waals surface area contributed by atoms with E-state index in [0.29, 0.717) is 6.04 Å². The van der Waals surface area contributed by atoms with Gasteiger partial charge in [0.2, 0.25) is 0 Å². The topological polar surface area (TPSA) is 38.5 Å². The molecule has 1 saturated heterocycles. The van der Waals surface area contributed by atoms with Crippen molar-refractivity contribution in [3.8, 4) is 0 Å². The molecule has 1 unspecified atom stereocenters. The first-order valence-corrected chi connectivity index (χ1v) is 7.05. The molecule has 1 aliphatic rings. The maximum atomic E-state index is 5.84. The molecule has 15 heavy (non-hydrogen) atoms. The summed E-state index contributed by atoms with van der Waals surface area (Å²) in [6.45, 7) is 7.94. The van der Waals surface area contributed by atoms with Crippen LogP contribution >= 0.6 is 11.8 Å². The Morgan fingerprint density at radius 2 is 2.27 bits per heavy atom. The Labute approximate surface area is 97.7 Å². The maximum absolute atomic E-state index is 5.84. The van der Waals surface area contributed by atoms with Crippen LogP contribution in [0, 0.1) is 0 Å². The van der Waals surface area contributed by atoms with Crippen molar-refractivity contribution < 1.29 is 4.74 Å². The Morgan fingerprint density at radius 1 is 1.53 bits per heavy atom. The van der Waals surface area contributed by atoms with Gasteiger partial charge in [0.05, 0.1) is 12.2 Å². The van der Waals surface area contributed by atoms with Gasteiger partial charge in [-0.2, -0.15) is 11.8 Å². The smallest absolute Gasteiger partial charge is 0.0753 e. The van der Waals surface area contributed by atoms with E-state index in [1.54, 1.807) is 0 Å². The summed E-state index contributed by atoms with van der Waals surface area (Å²) in [7, 11) is 0. The van der Waals surface area contributed by atoms with Gasteiger partial charge in [0, 0.05) is 25.7 Å². The van der Waals surface area contributed by atoms with Crippen LogP contribution < -0.4 is 5.73 Å². The van der Waals surface area contributed by atoms with Crippen molar-refractivity contribution in [1.82, 2.24) is 4.90 Å². The van der Waals surface area contributed by atoms with Crippen LogP contribution in [0.3, 0.4) is 0 Å². The summed E-state index contributed by atoms with van der Waals surface area (Å²) < 4.78 is 5.71. The molecule has 1 fully saturated rings. The van der Waals surface area contributed by atoms with E-state index in [1.165, 1.54) is 12.2 Å². The van der Waals surface area contributed by atoms with E-state index in [2.05, 4.69) is 25.0 Å². The number of morpholine rings is 1. The number of hydrogen-bond acceptors (Lipinski definition) is 4. The van der Waals surface area contributed by atoms with E-state index in [4.69, 9.17) is 10.5 Å². The van der Waals surface area contributed by atoms with Crippen LogP contribution in [0.2, 0.25) is 0 Å². The highest BCUT2D eigenvalue weighted by Gasteiger charge is 2.30. The zero-order valence-corrected chi connectivity index (χ0v) is 11.0. The van der Waals surface area contributed by atoms with Gasteiger partial charge in [0.25, 0.3) is 0 Å². The number of rotatable bonds is 5. The summed E-state index contributed by atoms with van der Waals surface area (Å²) in [5.74, 6) is 1.19. The van der Waals surface area contributed by atoms with Crippen LogP contribution in [0.25, 0.3) is 0 Å². The maximum Gasteiger partial charge on any atom is 0.0753 e. The average Bonchev–Trinajstić information content (AvgIpc) is 2.17. The summed E-state index contributed by atoms with van der Waals surface area (Å²) in [5.41, 5.74) is 5.83. The number of ether oxygens (including phenoxy) is 1. The molecule has 3 nitrogen and oxygen atoms in total. The minimum atomic E-state index is -0.00890. The molecule has 0 aromatic carbocycles. The Morgan fingerprint density at radius 3 is 2.80 bits per heavy atom. The molecule has 1 rings (SSSR count). The van der Waals surface area contributed by atoms with E-state index >= 15 is 0 Å². The molecule has 0 bridgehead atoms. The van der Waals surface area contributed by atoms with Gasteiger partial charge in [-0.05, 0) is 32.3 Å². The van der Waals surface area contributed by atoms with Gasteiger partial charge in [-0.3, -0.25) is 4.90 Å². The van der Waals surface area contributed by atoms with E-state index in [9.17, 15) is 0 Å². The van der Waals surface area contributed by atoms with Crippen LogP contribution in [0.4, 0.5) is 0 Å². The first kappa shape index (κ1) is 13.3. The molecule has 1 aliphatic heterocycles. The number of hydrogen-bond donors (Lipinski definition) is 1. The van der Waals surface area contributed by atoms with Gasteiger partial charge in [-0.15, -0.1) is 0 Å². The molecule has 1 heterocycles. The molecule has 0 saturated carbocycles. The Balaban J connectivity index is 2.44. The van der Waals surface area contributed by atoms with E-state index in [1.807, 2.05) is 11.8 Å². The third-order valence-electron chi connectivity index (χ3n) is 2.90. The first-order valence-electron chi connectivity index (χ1n) is 5.66. The molecule has 0 radical (unpaired) electrons. The fraction of sp³-hybridized carbons (Fsp3) is 1.00. The summed E-state index contributed by atoms with van der Waals surface area (Å²) >= 11 is 1.90. The largest absolute Gasteiger partial charge is 0.373 e. The monoisotopic (exact) mass is 232 g/mol. The van der Waals surface area contributed by atoms with Crippen LogP contribution in [0.5, 0.6) is 0 Å². The molecule has 2 N–H and O–H groups in total. The van der Waals surface area contributed by atoms with E-state index in [0.717, 1.165) is 26.2 Å². The quantitative estimate of drug-likeness (QED) is 0.772. The molecule has 0 amide bonds. The second kappa shape index (κ2) is 6.09. The predicted molar refractivity (Wildman–Crippen MR) is 67.4 cm³/mol. The molecule has 0 aliphatic carbocycles. The highest BCUT2D eigenvalue weighted by atomic mass is 32.2. The van der Waals surface area contributed by atoms with Gasteiger partial charge in [-0.25, -0.2) is 0 Å². The summed E-state index contributed by atoms with van der Waals surface area (Å²) in [6.07, 6.45) is 3.34. The molecule has 4 heteroatoms. The fourth-order valence-electron chi connectivity index (χ4n) is 2.07. The lowest BCUT2D eigenvalue weighted by Crippen LogP contribution is -2.54. The standard InChI is InChI=1S/C11H24N2OS/c1-11(2)9-13(5-6-14-11)10(8-12)4-7-15-3/h10H,4-9,12H2,1-3H3. The van der Waals surface area contributed by atoms with Crippen molar-refractivity contribution in [3.05, 3.63) is 0 Å². The van der Waals surface area contributed by atoms with E-state index in [-0.39, 0.29) is 5.60 Å². The second-order valence-corrected chi connectivity index (χ2v) is 5.74. The molecular weight excluding hydrogens is 208 g/mol. The van der Waals surface area contributed by atoms with Crippen molar-refractivity contribution >= 4 is 11.8 Å². The van der Waals surface area contributed by atoms with Gasteiger partial charge in [-0.1, -0.05) is 0 Å². The molecule has 1 atom stereocenters. The molecule has 90 valence electrons. The number of thioether (sulfide) groups is 1. The number of nitrogens with two attached hydrogens (primary N) is 1. The third kappa shape index (κ3) is 4.31. The zero-order valence-electron chi connectivity index (χ0n) is 10.2. The minimum Gasteiger partial charge on any atom is -0.373 e. The Kier molecular flexibility index (Phi) is 5.39. The van der Waals surface area contributed by atoms with E-state index < -0.39 is 0 Å². The zero-order chi connectivity index (χ0) is 11.3. The highest BCUT2D eigenvalue weighted by molar-refractivity contribution is 7.98. The second-order valence-electron chi connectivity index (χ2n) is 4.75. The van der Waals surface area contributed by atoms with Crippen molar-refractivity contribution in [2.75, 3.05) is 38.2 Å². The van der Waals surface area contributed by atoms with Gasteiger partial charge < -0.3 is 10.5 Å². The Bertz CT molecular complexity index is 187. The van der Waals surface area contributed by atoms with Crippen molar-refractivity contribution in [1.29, 1.82) is 0 Å². The predicted octanol–water partition coefficient (Wildman–Crippen LogP) is 1.18. The number of nitrogens with zero attached hydrogens (tertiary/aromatic N) is 1. The van der Waals surface area contributed by atoms with Crippen molar-refractivity contribution in [3.63, 3.8) is 0 Å². The normalized spacial score (nSPS) is 24.0. The third-order valence-corrected chi connectivity index (χ3v) is 3.54. The van der Waals surface area contributed by atoms with Gasteiger partial charge in [0.1, 0.15) is 0 Å². The molecule has 0 aromatic rings. The van der Waals surface area contributed by atoms with Gasteiger partial charge in [0.15, 0.2) is 0 Å². The molecular formula is C11H24N2OS.